The van der Waals surface area contributed by atoms with Crippen molar-refractivity contribution in [2.24, 2.45) is 0 Å². The summed E-state index contributed by atoms with van der Waals surface area (Å²) >= 11 is 0. The lowest BCUT2D eigenvalue weighted by atomic mass is 10.2. The van der Waals surface area contributed by atoms with Gasteiger partial charge in [0.1, 0.15) is 11.1 Å². The highest BCUT2D eigenvalue weighted by atomic mass is 16.5. The molecule has 2 aromatic heterocycles. The normalized spacial score (nSPS) is 8.97. The van der Waals surface area contributed by atoms with E-state index in [2.05, 4.69) is 33.0 Å². The Morgan fingerprint density at radius 3 is 1.76 bits per heavy atom. The van der Waals surface area contributed by atoms with E-state index in [0.29, 0.717) is 17.1 Å². The van der Waals surface area contributed by atoms with Crippen molar-refractivity contribution in [3.05, 3.63) is 52.8 Å². The molecule has 0 saturated heterocycles. The van der Waals surface area contributed by atoms with E-state index < -0.39 is 5.97 Å². The van der Waals surface area contributed by atoms with Crippen molar-refractivity contribution in [2.45, 2.75) is 21.3 Å². The lowest BCUT2D eigenvalue weighted by Crippen LogP contribution is -2.13. The molecular formula is C19H23N5O5. The SMILES string of the molecule is C.C#C.Cc1noc(N)c1C(=O)Nc1ccccc1.Cc1noc(N)c1C(=O)O. The summed E-state index contributed by atoms with van der Waals surface area (Å²) < 4.78 is 9.12. The number of nitrogen functional groups attached to an aromatic ring is 2. The molecule has 10 heteroatoms. The van der Waals surface area contributed by atoms with Crippen molar-refractivity contribution >= 4 is 29.3 Å². The monoisotopic (exact) mass is 401 g/mol. The number of carbonyl (C=O) groups excluding carboxylic acids is 1. The molecule has 29 heavy (non-hydrogen) atoms. The van der Waals surface area contributed by atoms with Crippen LogP contribution in [0.2, 0.25) is 0 Å². The van der Waals surface area contributed by atoms with E-state index in [1.54, 1.807) is 19.1 Å². The van der Waals surface area contributed by atoms with Gasteiger partial charge in [-0.05, 0) is 26.0 Å². The number of nitrogens with one attached hydrogen (secondary N) is 1. The number of aryl methyl sites for hydroxylation is 2. The fourth-order valence-electron chi connectivity index (χ4n) is 2.03. The molecule has 0 aliphatic heterocycles. The topological polar surface area (TPSA) is 170 Å². The number of amides is 1. The summed E-state index contributed by atoms with van der Waals surface area (Å²) in [6.07, 6.45) is 8.00. The van der Waals surface area contributed by atoms with E-state index in [4.69, 9.17) is 21.1 Å². The minimum Gasteiger partial charge on any atom is -0.477 e. The summed E-state index contributed by atoms with van der Waals surface area (Å²) in [5.41, 5.74) is 12.3. The predicted molar refractivity (Wildman–Crippen MR) is 109 cm³/mol. The van der Waals surface area contributed by atoms with E-state index in [0.717, 1.165) is 0 Å². The van der Waals surface area contributed by atoms with Gasteiger partial charge in [-0.15, -0.1) is 12.8 Å². The molecule has 1 aromatic carbocycles. The van der Waals surface area contributed by atoms with Crippen LogP contribution in [0.3, 0.4) is 0 Å². The number of nitrogens with zero attached hydrogens (tertiary/aromatic N) is 2. The number of nitrogens with two attached hydrogens (primary N) is 2. The van der Waals surface area contributed by atoms with Crippen LogP contribution in [-0.4, -0.2) is 27.3 Å². The number of hydrogen-bond acceptors (Lipinski definition) is 8. The van der Waals surface area contributed by atoms with Crippen LogP contribution in [-0.2, 0) is 0 Å². The molecule has 0 radical (unpaired) electrons. The maximum absolute atomic E-state index is 11.8. The van der Waals surface area contributed by atoms with Gasteiger partial charge in [-0.25, -0.2) is 4.79 Å². The second-order valence-corrected chi connectivity index (χ2v) is 5.14. The third kappa shape index (κ3) is 6.44. The molecule has 10 nitrogen and oxygen atoms in total. The lowest BCUT2D eigenvalue weighted by molar-refractivity contribution is 0.0696. The van der Waals surface area contributed by atoms with Crippen LogP contribution in [0.5, 0.6) is 0 Å². The Balaban J connectivity index is 0.000000524. The Hall–Kier alpha value is -4.26. The van der Waals surface area contributed by atoms with Crippen LogP contribution in [0.15, 0.2) is 39.4 Å². The highest BCUT2D eigenvalue weighted by molar-refractivity contribution is 6.07. The Morgan fingerprint density at radius 2 is 1.41 bits per heavy atom. The molecule has 1 amide bonds. The van der Waals surface area contributed by atoms with Gasteiger partial charge in [0, 0.05) is 5.69 Å². The Kier molecular flexibility index (Phi) is 9.77. The molecule has 154 valence electrons. The molecule has 0 bridgehead atoms. The van der Waals surface area contributed by atoms with Gasteiger partial charge in [0.15, 0.2) is 0 Å². The van der Waals surface area contributed by atoms with Crippen LogP contribution in [0.4, 0.5) is 17.5 Å². The number of carbonyl (C=O) groups is 2. The number of terminal acetylenes is 1. The number of para-hydroxylation sites is 1. The highest BCUT2D eigenvalue weighted by Gasteiger charge is 2.18. The van der Waals surface area contributed by atoms with Crippen LogP contribution >= 0.6 is 0 Å². The van der Waals surface area contributed by atoms with E-state index >= 15 is 0 Å². The van der Waals surface area contributed by atoms with Gasteiger partial charge in [-0.2, -0.15) is 0 Å². The number of anilines is 3. The molecule has 2 heterocycles. The van der Waals surface area contributed by atoms with Gasteiger partial charge in [0.05, 0.1) is 11.4 Å². The molecule has 0 saturated carbocycles. The largest absolute Gasteiger partial charge is 0.477 e. The fraction of sp³-hybridized carbons (Fsp3) is 0.158. The summed E-state index contributed by atoms with van der Waals surface area (Å²) in [6.45, 7) is 3.18. The zero-order valence-corrected chi connectivity index (χ0v) is 15.2. The fourth-order valence-corrected chi connectivity index (χ4v) is 2.03. The molecule has 3 aromatic rings. The van der Waals surface area contributed by atoms with Gasteiger partial charge in [-0.1, -0.05) is 35.9 Å². The van der Waals surface area contributed by atoms with Gasteiger partial charge < -0.3 is 30.9 Å². The maximum Gasteiger partial charge on any atom is 0.343 e. The van der Waals surface area contributed by atoms with Gasteiger partial charge in [0.25, 0.3) is 5.91 Å². The molecule has 0 fully saturated rings. The van der Waals surface area contributed by atoms with Crippen molar-refractivity contribution in [1.29, 1.82) is 0 Å². The van der Waals surface area contributed by atoms with Crippen LogP contribution < -0.4 is 16.8 Å². The predicted octanol–water partition coefficient (Wildman–Crippen LogP) is 2.97. The molecular weight excluding hydrogens is 378 g/mol. The zero-order valence-electron chi connectivity index (χ0n) is 15.2. The van der Waals surface area contributed by atoms with Crippen molar-refractivity contribution in [3.8, 4) is 12.8 Å². The summed E-state index contributed by atoms with van der Waals surface area (Å²) in [5.74, 6) is -1.55. The van der Waals surface area contributed by atoms with Crippen molar-refractivity contribution in [2.75, 3.05) is 16.8 Å². The molecule has 0 aliphatic rings. The number of carboxylic acids is 1. The number of benzene rings is 1. The summed E-state index contributed by atoms with van der Waals surface area (Å²) in [6, 6.07) is 9.11. The molecule has 3 rings (SSSR count). The quantitative estimate of drug-likeness (QED) is 0.481. The van der Waals surface area contributed by atoms with Crippen LogP contribution in [0.25, 0.3) is 0 Å². The summed E-state index contributed by atoms with van der Waals surface area (Å²) in [7, 11) is 0. The van der Waals surface area contributed by atoms with Crippen molar-refractivity contribution in [3.63, 3.8) is 0 Å². The van der Waals surface area contributed by atoms with E-state index in [-0.39, 0.29) is 36.2 Å². The number of hydrogen-bond donors (Lipinski definition) is 4. The van der Waals surface area contributed by atoms with E-state index in [1.807, 2.05) is 18.2 Å². The first-order valence-corrected chi connectivity index (χ1v) is 7.67. The first-order chi connectivity index (χ1) is 13.3. The third-order valence-electron chi connectivity index (χ3n) is 3.25. The molecule has 0 atom stereocenters. The number of carboxylic acid groups (broad SMARTS) is 1. The van der Waals surface area contributed by atoms with Crippen LogP contribution in [0, 0.1) is 26.7 Å². The third-order valence-corrected chi connectivity index (χ3v) is 3.25. The van der Waals surface area contributed by atoms with E-state index in [1.165, 1.54) is 6.92 Å². The minimum absolute atomic E-state index is 0. The van der Waals surface area contributed by atoms with Gasteiger partial charge in [0.2, 0.25) is 11.8 Å². The number of aromatic carboxylic acids is 1. The number of rotatable bonds is 3. The second-order valence-electron chi connectivity index (χ2n) is 5.14. The Labute approximate surface area is 167 Å². The first kappa shape index (κ1) is 24.7. The van der Waals surface area contributed by atoms with Gasteiger partial charge >= 0.3 is 5.97 Å². The Bertz CT molecular complexity index is 921. The van der Waals surface area contributed by atoms with Crippen molar-refractivity contribution in [1.82, 2.24) is 10.3 Å². The first-order valence-electron chi connectivity index (χ1n) is 7.67. The van der Waals surface area contributed by atoms with E-state index in [9.17, 15) is 9.59 Å². The zero-order chi connectivity index (χ0) is 21.3. The minimum atomic E-state index is -1.11. The number of aromatic nitrogens is 2. The van der Waals surface area contributed by atoms with Crippen LogP contribution in [0.1, 0.15) is 39.5 Å². The average Bonchev–Trinajstić information content (AvgIpc) is 3.19. The standard InChI is InChI=1S/C11H11N3O2.C5H6N2O3.C2H2.CH4/c1-7-9(10(12)16-14-7)11(15)13-8-5-3-2-4-6-8;1-2-3(5(8)9)4(6)10-7-2;1-2;/h2-6H,12H2,1H3,(H,13,15);6H2,1H3,(H,8,9);1-2H;1H4. The summed E-state index contributed by atoms with van der Waals surface area (Å²) in [5, 5.41) is 18.1. The molecule has 0 unspecified atom stereocenters. The summed E-state index contributed by atoms with van der Waals surface area (Å²) in [4.78, 5) is 22.1. The molecule has 0 spiro atoms. The maximum atomic E-state index is 11.8. The highest BCUT2D eigenvalue weighted by Crippen LogP contribution is 2.17. The van der Waals surface area contributed by atoms with Crippen molar-refractivity contribution < 1.29 is 23.7 Å². The second kappa shape index (κ2) is 11.5. The molecule has 6 N–H and O–H groups in total. The lowest BCUT2D eigenvalue weighted by Gasteiger charge is -2.03. The Morgan fingerprint density at radius 1 is 0.966 bits per heavy atom. The molecule has 0 aliphatic carbocycles. The van der Waals surface area contributed by atoms with Gasteiger partial charge in [-0.3, -0.25) is 4.79 Å². The average molecular weight is 401 g/mol. The smallest absolute Gasteiger partial charge is 0.343 e.